The molecule has 1 aromatic rings. The number of anilines is 1. The van der Waals surface area contributed by atoms with Gasteiger partial charge in [0, 0.05) is 11.0 Å². The lowest BCUT2D eigenvalue weighted by Gasteiger charge is -2.10. The largest absolute Gasteiger partial charge is 0.398 e. The number of nitrogens with two attached hydrogens (primary N) is 1. The molecule has 0 fully saturated rings. The molecule has 0 aliphatic rings. The highest BCUT2D eigenvalue weighted by Crippen LogP contribution is 2.23. The highest BCUT2D eigenvalue weighted by atomic mass is 79.9. The first-order valence-electron chi connectivity index (χ1n) is 4.73. The number of halogens is 4. The predicted molar refractivity (Wildman–Crippen MR) is 64.4 cm³/mol. The Morgan fingerprint density at radius 2 is 1.94 bits per heavy atom. The lowest BCUT2D eigenvalue weighted by molar-refractivity contribution is -0.132. The van der Waals surface area contributed by atoms with Crippen LogP contribution in [0.1, 0.15) is 6.42 Å². The summed E-state index contributed by atoms with van der Waals surface area (Å²) in [4.78, 5) is -0.251. The standard InChI is InChI=1S/C9H10BrF3N2O2S/c10-6-1-2-7(14)8(5-6)18(16,17)15-4-3-9(11,12)13/h1-2,5,15H,3-4,14H2. The maximum atomic E-state index is 11.9. The van der Waals surface area contributed by atoms with E-state index in [0.29, 0.717) is 4.47 Å². The Hall–Kier alpha value is -0.800. The Morgan fingerprint density at radius 3 is 2.50 bits per heavy atom. The SMILES string of the molecule is Nc1ccc(Br)cc1S(=O)(=O)NCCC(F)(F)F. The maximum Gasteiger partial charge on any atom is 0.390 e. The van der Waals surface area contributed by atoms with E-state index in [1.54, 1.807) is 0 Å². The van der Waals surface area contributed by atoms with E-state index in [0.717, 1.165) is 0 Å². The van der Waals surface area contributed by atoms with Crippen molar-refractivity contribution < 1.29 is 21.6 Å². The van der Waals surface area contributed by atoms with Crippen molar-refractivity contribution in [3.63, 3.8) is 0 Å². The summed E-state index contributed by atoms with van der Waals surface area (Å²) in [6.45, 7) is -0.724. The summed E-state index contributed by atoms with van der Waals surface area (Å²) in [5, 5.41) is 0. The van der Waals surface area contributed by atoms with Crippen molar-refractivity contribution in [2.45, 2.75) is 17.5 Å². The summed E-state index contributed by atoms with van der Waals surface area (Å²) in [5.41, 5.74) is 5.44. The normalized spacial score (nSPS) is 12.7. The van der Waals surface area contributed by atoms with Crippen LogP contribution in [0.5, 0.6) is 0 Å². The molecule has 0 atom stereocenters. The van der Waals surface area contributed by atoms with Crippen LogP contribution >= 0.6 is 15.9 Å². The Labute approximate surface area is 111 Å². The molecule has 18 heavy (non-hydrogen) atoms. The van der Waals surface area contributed by atoms with E-state index in [1.165, 1.54) is 18.2 Å². The van der Waals surface area contributed by atoms with E-state index in [4.69, 9.17) is 5.73 Å². The third kappa shape index (κ3) is 4.46. The van der Waals surface area contributed by atoms with Gasteiger partial charge in [-0.3, -0.25) is 0 Å². The summed E-state index contributed by atoms with van der Waals surface area (Å²) in [5.74, 6) is 0. The maximum absolute atomic E-state index is 11.9. The first kappa shape index (κ1) is 15.3. The third-order valence-electron chi connectivity index (χ3n) is 1.97. The summed E-state index contributed by atoms with van der Waals surface area (Å²) in [6, 6.07) is 4.11. The molecule has 0 saturated carbocycles. The molecule has 0 heterocycles. The van der Waals surface area contributed by atoms with Gasteiger partial charge in [0.1, 0.15) is 4.90 Å². The van der Waals surface area contributed by atoms with Crippen LogP contribution in [-0.4, -0.2) is 21.1 Å². The van der Waals surface area contributed by atoms with Crippen molar-refractivity contribution in [3.05, 3.63) is 22.7 Å². The molecule has 3 N–H and O–H groups in total. The van der Waals surface area contributed by atoms with Crippen LogP contribution in [-0.2, 0) is 10.0 Å². The molecule has 0 aliphatic heterocycles. The van der Waals surface area contributed by atoms with Crippen LogP contribution in [0.15, 0.2) is 27.6 Å². The fourth-order valence-electron chi connectivity index (χ4n) is 1.15. The smallest absolute Gasteiger partial charge is 0.390 e. The highest BCUT2D eigenvalue weighted by Gasteiger charge is 2.28. The van der Waals surface area contributed by atoms with Crippen molar-refractivity contribution in [3.8, 4) is 0 Å². The zero-order chi connectivity index (χ0) is 14.0. The quantitative estimate of drug-likeness (QED) is 0.821. The average Bonchev–Trinajstić information content (AvgIpc) is 2.19. The Bertz CT molecular complexity index is 531. The topological polar surface area (TPSA) is 72.2 Å². The minimum absolute atomic E-state index is 0.0299. The van der Waals surface area contributed by atoms with E-state index >= 15 is 0 Å². The van der Waals surface area contributed by atoms with Gasteiger partial charge in [-0.15, -0.1) is 0 Å². The monoisotopic (exact) mass is 346 g/mol. The number of hydrogen-bond donors (Lipinski definition) is 2. The van der Waals surface area contributed by atoms with Crippen LogP contribution in [0.4, 0.5) is 18.9 Å². The van der Waals surface area contributed by atoms with Crippen molar-refractivity contribution in [2.24, 2.45) is 0 Å². The summed E-state index contributed by atoms with van der Waals surface area (Å²) in [7, 11) is -4.04. The van der Waals surface area contributed by atoms with Gasteiger partial charge in [-0.05, 0) is 18.2 Å². The van der Waals surface area contributed by atoms with Crippen molar-refractivity contribution in [2.75, 3.05) is 12.3 Å². The van der Waals surface area contributed by atoms with Crippen LogP contribution in [0.3, 0.4) is 0 Å². The fourth-order valence-corrected chi connectivity index (χ4v) is 2.85. The third-order valence-corrected chi connectivity index (χ3v) is 3.98. The van der Waals surface area contributed by atoms with Gasteiger partial charge in [0.25, 0.3) is 0 Å². The number of benzene rings is 1. The molecule has 0 spiro atoms. The number of alkyl halides is 3. The van der Waals surface area contributed by atoms with E-state index in [1.807, 2.05) is 4.72 Å². The molecular formula is C9H10BrF3N2O2S. The van der Waals surface area contributed by atoms with Crippen molar-refractivity contribution in [1.29, 1.82) is 0 Å². The van der Waals surface area contributed by atoms with Crippen LogP contribution < -0.4 is 10.5 Å². The molecule has 4 nitrogen and oxygen atoms in total. The Balaban J connectivity index is 2.84. The fraction of sp³-hybridized carbons (Fsp3) is 0.333. The summed E-state index contributed by atoms with van der Waals surface area (Å²) in [6.07, 6.45) is -5.65. The van der Waals surface area contributed by atoms with E-state index < -0.39 is 29.2 Å². The molecule has 102 valence electrons. The number of nitrogen functional groups attached to an aromatic ring is 1. The minimum Gasteiger partial charge on any atom is -0.398 e. The van der Waals surface area contributed by atoms with E-state index in [2.05, 4.69) is 15.9 Å². The minimum atomic E-state index is -4.41. The van der Waals surface area contributed by atoms with Crippen molar-refractivity contribution >= 4 is 31.6 Å². The van der Waals surface area contributed by atoms with Crippen LogP contribution in [0, 0.1) is 0 Å². The molecule has 1 rings (SSSR count). The number of nitrogens with one attached hydrogen (secondary N) is 1. The van der Waals surface area contributed by atoms with Crippen LogP contribution in [0.2, 0.25) is 0 Å². The molecule has 0 radical (unpaired) electrons. The second kappa shape index (κ2) is 5.45. The molecule has 0 amide bonds. The first-order valence-corrected chi connectivity index (χ1v) is 7.01. The number of rotatable bonds is 4. The zero-order valence-corrected chi connectivity index (χ0v) is 11.4. The predicted octanol–water partition coefficient (Wildman–Crippen LogP) is 2.26. The van der Waals surface area contributed by atoms with Gasteiger partial charge in [0.05, 0.1) is 12.1 Å². The van der Waals surface area contributed by atoms with Gasteiger partial charge in [0.15, 0.2) is 0 Å². The summed E-state index contributed by atoms with van der Waals surface area (Å²) < 4.78 is 61.5. The highest BCUT2D eigenvalue weighted by molar-refractivity contribution is 9.10. The van der Waals surface area contributed by atoms with Gasteiger partial charge in [-0.2, -0.15) is 13.2 Å². The Morgan fingerprint density at radius 1 is 1.33 bits per heavy atom. The van der Waals surface area contributed by atoms with Gasteiger partial charge in [0.2, 0.25) is 10.0 Å². The molecule has 0 unspecified atom stereocenters. The molecule has 0 aliphatic carbocycles. The van der Waals surface area contributed by atoms with E-state index in [9.17, 15) is 21.6 Å². The van der Waals surface area contributed by atoms with E-state index in [-0.39, 0.29) is 10.6 Å². The zero-order valence-electron chi connectivity index (χ0n) is 8.96. The number of sulfonamides is 1. The molecule has 9 heteroatoms. The van der Waals surface area contributed by atoms with Gasteiger partial charge < -0.3 is 5.73 Å². The molecule has 0 saturated heterocycles. The van der Waals surface area contributed by atoms with Gasteiger partial charge in [-0.1, -0.05) is 15.9 Å². The average molecular weight is 347 g/mol. The molecule has 0 aromatic heterocycles. The van der Waals surface area contributed by atoms with Gasteiger partial charge in [-0.25, -0.2) is 13.1 Å². The van der Waals surface area contributed by atoms with Crippen molar-refractivity contribution in [1.82, 2.24) is 4.72 Å². The molecule has 1 aromatic carbocycles. The lowest BCUT2D eigenvalue weighted by Crippen LogP contribution is -2.28. The lowest BCUT2D eigenvalue weighted by atomic mass is 10.3. The summed E-state index contributed by atoms with van der Waals surface area (Å²) >= 11 is 3.06. The molecular weight excluding hydrogens is 337 g/mol. The molecule has 0 bridgehead atoms. The second-order valence-corrected chi connectivity index (χ2v) is 6.10. The second-order valence-electron chi connectivity index (χ2n) is 3.45. The first-order chi connectivity index (χ1) is 8.12. The van der Waals surface area contributed by atoms with Crippen LogP contribution in [0.25, 0.3) is 0 Å². The Kier molecular flexibility index (Phi) is 4.62. The number of hydrogen-bond acceptors (Lipinski definition) is 3. The van der Waals surface area contributed by atoms with Gasteiger partial charge >= 0.3 is 6.18 Å².